The topological polar surface area (TPSA) is 69.6 Å². The normalized spacial score (nSPS) is 30.2. The van der Waals surface area contributed by atoms with Gasteiger partial charge in [-0.15, -0.1) is 0 Å². The van der Waals surface area contributed by atoms with Crippen molar-refractivity contribution in [2.75, 3.05) is 19.6 Å². The van der Waals surface area contributed by atoms with Crippen LogP contribution < -0.4 is 5.32 Å². The second-order valence-electron chi connectivity index (χ2n) is 6.85. The molecule has 1 saturated heterocycles. The molecule has 5 heteroatoms. The predicted molar refractivity (Wildman–Crippen MR) is 81.0 cm³/mol. The van der Waals surface area contributed by atoms with Crippen molar-refractivity contribution in [3.63, 3.8) is 0 Å². The Morgan fingerprint density at radius 3 is 2.57 bits per heavy atom. The Morgan fingerprint density at radius 1 is 1.19 bits per heavy atom. The van der Waals surface area contributed by atoms with Crippen LogP contribution in [0.5, 0.6) is 0 Å². The largest absolute Gasteiger partial charge is 0.481 e. The molecule has 120 valence electrons. The highest BCUT2D eigenvalue weighted by atomic mass is 16.4. The van der Waals surface area contributed by atoms with Crippen molar-refractivity contribution in [2.24, 2.45) is 11.8 Å². The average molecular weight is 296 g/mol. The van der Waals surface area contributed by atoms with Gasteiger partial charge in [0.25, 0.3) is 0 Å². The molecular formula is C16H28N2O3. The third kappa shape index (κ3) is 5.65. The van der Waals surface area contributed by atoms with Gasteiger partial charge < -0.3 is 10.4 Å². The zero-order valence-electron chi connectivity index (χ0n) is 13.0. The molecule has 2 rings (SSSR count). The van der Waals surface area contributed by atoms with Gasteiger partial charge in [0, 0.05) is 19.0 Å². The van der Waals surface area contributed by atoms with E-state index in [1.807, 2.05) is 0 Å². The van der Waals surface area contributed by atoms with Crippen LogP contribution in [0.15, 0.2) is 0 Å². The molecule has 1 saturated carbocycles. The number of carbonyl (C=O) groups excluding carboxylic acids is 1. The van der Waals surface area contributed by atoms with Gasteiger partial charge in [-0.3, -0.25) is 14.5 Å². The van der Waals surface area contributed by atoms with Gasteiger partial charge in [0.05, 0.1) is 6.54 Å². The summed E-state index contributed by atoms with van der Waals surface area (Å²) in [5, 5.41) is 11.9. The van der Waals surface area contributed by atoms with Gasteiger partial charge in [0.15, 0.2) is 0 Å². The lowest BCUT2D eigenvalue weighted by molar-refractivity contribution is -0.137. The Bertz CT molecular complexity index is 365. The van der Waals surface area contributed by atoms with Crippen molar-refractivity contribution in [2.45, 2.75) is 57.9 Å². The Hall–Kier alpha value is -1.10. The predicted octanol–water partition coefficient (Wildman–Crippen LogP) is 1.87. The lowest BCUT2D eigenvalue weighted by Crippen LogP contribution is -2.42. The number of nitrogens with zero attached hydrogens (tertiary/aromatic N) is 1. The van der Waals surface area contributed by atoms with Crippen LogP contribution >= 0.6 is 0 Å². The number of amides is 1. The monoisotopic (exact) mass is 296 g/mol. The van der Waals surface area contributed by atoms with Crippen molar-refractivity contribution in [3.05, 3.63) is 0 Å². The molecule has 1 unspecified atom stereocenters. The van der Waals surface area contributed by atoms with Crippen molar-refractivity contribution < 1.29 is 14.7 Å². The Kier molecular flexibility index (Phi) is 6.03. The molecule has 0 aromatic heterocycles. The molecule has 0 aromatic rings. The highest BCUT2D eigenvalue weighted by molar-refractivity contribution is 5.78. The first-order valence-corrected chi connectivity index (χ1v) is 8.26. The minimum atomic E-state index is -0.724. The second-order valence-corrected chi connectivity index (χ2v) is 6.85. The Morgan fingerprint density at radius 2 is 1.90 bits per heavy atom. The van der Waals surface area contributed by atoms with Gasteiger partial charge >= 0.3 is 5.97 Å². The molecule has 0 aromatic carbocycles. The van der Waals surface area contributed by atoms with Gasteiger partial charge in [0.2, 0.25) is 5.91 Å². The standard InChI is InChI=1S/C16H28N2O3/c1-12-2-5-14(6-3-12)17-15(19)11-18-9-8-13(10-18)4-7-16(20)21/h12-14H,2-11H2,1H3,(H,17,19)(H,20,21). The van der Waals surface area contributed by atoms with E-state index in [-0.39, 0.29) is 12.3 Å². The fourth-order valence-electron chi connectivity index (χ4n) is 3.50. The number of likely N-dealkylation sites (tertiary alicyclic amines) is 1. The summed E-state index contributed by atoms with van der Waals surface area (Å²) in [6.07, 6.45) is 6.63. The van der Waals surface area contributed by atoms with Crippen LogP contribution in [-0.4, -0.2) is 47.6 Å². The maximum atomic E-state index is 12.1. The number of rotatable bonds is 6. The molecule has 0 radical (unpaired) electrons. The van der Waals surface area contributed by atoms with Crippen molar-refractivity contribution >= 4 is 11.9 Å². The van der Waals surface area contributed by atoms with Crippen LogP contribution in [-0.2, 0) is 9.59 Å². The number of nitrogens with one attached hydrogen (secondary N) is 1. The zero-order valence-corrected chi connectivity index (χ0v) is 13.0. The summed E-state index contributed by atoms with van der Waals surface area (Å²) in [5.74, 6) is 0.641. The van der Waals surface area contributed by atoms with Crippen LogP contribution in [0.4, 0.5) is 0 Å². The summed E-state index contributed by atoms with van der Waals surface area (Å²) >= 11 is 0. The molecule has 1 atom stereocenters. The smallest absolute Gasteiger partial charge is 0.303 e. The molecule has 21 heavy (non-hydrogen) atoms. The van der Waals surface area contributed by atoms with Gasteiger partial charge in [-0.25, -0.2) is 0 Å². The minimum absolute atomic E-state index is 0.133. The zero-order chi connectivity index (χ0) is 15.2. The number of aliphatic carboxylic acids is 1. The molecule has 2 fully saturated rings. The molecule has 5 nitrogen and oxygen atoms in total. The molecule has 0 spiro atoms. The van der Waals surface area contributed by atoms with E-state index in [4.69, 9.17) is 5.11 Å². The van der Waals surface area contributed by atoms with Crippen LogP contribution in [0.1, 0.15) is 51.9 Å². The average Bonchev–Trinajstić information content (AvgIpc) is 2.86. The summed E-state index contributed by atoms with van der Waals surface area (Å²) in [4.78, 5) is 24.8. The van der Waals surface area contributed by atoms with Gasteiger partial charge in [-0.2, -0.15) is 0 Å². The van der Waals surface area contributed by atoms with Crippen molar-refractivity contribution in [1.29, 1.82) is 0 Å². The van der Waals surface area contributed by atoms with Gasteiger partial charge in [-0.1, -0.05) is 6.92 Å². The number of carbonyl (C=O) groups is 2. The van der Waals surface area contributed by atoms with Gasteiger partial charge in [-0.05, 0) is 56.9 Å². The second kappa shape index (κ2) is 7.78. The number of carboxylic acid groups (broad SMARTS) is 1. The fraction of sp³-hybridized carbons (Fsp3) is 0.875. The molecule has 1 aliphatic heterocycles. The van der Waals surface area contributed by atoms with Crippen molar-refractivity contribution in [1.82, 2.24) is 10.2 Å². The molecule has 1 aliphatic carbocycles. The maximum absolute atomic E-state index is 12.1. The summed E-state index contributed by atoms with van der Waals surface area (Å²) in [5.41, 5.74) is 0. The van der Waals surface area contributed by atoms with Crippen LogP contribution in [0.25, 0.3) is 0 Å². The first-order valence-electron chi connectivity index (χ1n) is 8.26. The molecular weight excluding hydrogens is 268 g/mol. The summed E-state index contributed by atoms with van der Waals surface area (Å²) < 4.78 is 0. The van der Waals surface area contributed by atoms with E-state index in [9.17, 15) is 9.59 Å². The quantitative estimate of drug-likeness (QED) is 0.785. The molecule has 1 amide bonds. The van der Waals surface area contributed by atoms with Gasteiger partial charge in [0.1, 0.15) is 0 Å². The Labute approximate surface area is 127 Å². The lowest BCUT2D eigenvalue weighted by atomic mass is 9.87. The molecule has 2 N–H and O–H groups in total. The van der Waals surface area contributed by atoms with Crippen LogP contribution in [0, 0.1) is 11.8 Å². The maximum Gasteiger partial charge on any atom is 0.303 e. The number of hydrogen-bond acceptors (Lipinski definition) is 3. The van der Waals surface area contributed by atoms with Crippen molar-refractivity contribution in [3.8, 4) is 0 Å². The number of hydrogen-bond donors (Lipinski definition) is 2. The first-order chi connectivity index (χ1) is 10.0. The molecule has 1 heterocycles. The van der Waals surface area contributed by atoms with Crippen LogP contribution in [0.3, 0.4) is 0 Å². The third-order valence-corrected chi connectivity index (χ3v) is 4.88. The number of carboxylic acids is 1. The van der Waals surface area contributed by atoms with E-state index in [2.05, 4.69) is 17.1 Å². The summed E-state index contributed by atoms with van der Waals surface area (Å²) in [6.45, 7) is 4.52. The van der Waals surface area contributed by atoms with E-state index in [1.54, 1.807) is 0 Å². The SMILES string of the molecule is CC1CCC(NC(=O)CN2CCC(CCC(=O)O)C2)CC1. The Balaban J connectivity index is 1.63. The summed E-state index contributed by atoms with van der Waals surface area (Å²) in [6, 6.07) is 0.360. The van der Waals surface area contributed by atoms with E-state index in [0.29, 0.717) is 18.5 Å². The molecule has 2 aliphatic rings. The summed E-state index contributed by atoms with van der Waals surface area (Å²) in [7, 11) is 0. The van der Waals surface area contributed by atoms with E-state index in [1.165, 1.54) is 12.8 Å². The van der Waals surface area contributed by atoms with E-state index >= 15 is 0 Å². The highest BCUT2D eigenvalue weighted by Crippen LogP contribution is 2.24. The minimum Gasteiger partial charge on any atom is -0.481 e. The lowest BCUT2D eigenvalue weighted by Gasteiger charge is -2.27. The third-order valence-electron chi connectivity index (χ3n) is 4.88. The van der Waals surface area contributed by atoms with Crippen LogP contribution in [0.2, 0.25) is 0 Å². The highest BCUT2D eigenvalue weighted by Gasteiger charge is 2.25. The molecule has 0 bridgehead atoms. The first kappa shape index (κ1) is 16.3. The fourth-order valence-corrected chi connectivity index (χ4v) is 3.50. The van der Waals surface area contributed by atoms with E-state index < -0.39 is 5.97 Å². The van der Waals surface area contributed by atoms with E-state index in [0.717, 1.165) is 44.7 Å².